The van der Waals surface area contributed by atoms with E-state index in [0.29, 0.717) is 27.8 Å². The van der Waals surface area contributed by atoms with Crippen molar-refractivity contribution in [2.45, 2.75) is 13.5 Å². The number of aromatic nitrogens is 1. The van der Waals surface area contributed by atoms with E-state index in [-0.39, 0.29) is 5.69 Å². The third kappa shape index (κ3) is 4.99. The van der Waals surface area contributed by atoms with Gasteiger partial charge in [-0.1, -0.05) is 42.5 Å². The molecule has 1 amide bonds. The molecule has 0 bridgehead atoms. The van der Waals surface area contributed by atoms with E-state index in [2.05, 4.69) is 11.1 Å². The van der Waals surface area contributed by atoms with Gasteiger partial charge in [-0.25, -0.2) is 18.1 Å². The van der Waals surface area contributed by atoms with Crippen LogP contribution in [0.5, 0.6) is 0 Å². The fourth-order valence-corrected chi connectivity index (χ4v) is 4.10. The molecule has 0 spiro atoms. The third-order valence-electron chi connectivity index (χ3n) is 4.01. The van der Waals surface area contributed by atoms with Gasteiger partial charge in [0.1, 0.15) is 11.8 Å². The van der Waals surface area contributed by atoms with Gasteiger partial charge in [0, 0.05) is 4.88 Å². The van der Waals surface area contributed by atoms with Gasteiger partial charge in [-0.05, 0) is 24.6 Å². The lowest BCUT2D eigenvalue weighted by Gasteiger charge is -2.23. The van der Waals surface area contributed by atoms with Gasteiger partial charge in [0.05, 0.1) is 24.1 Å². The number of nitriles is 1. The Morgan fingerprint density at radius 2 is 1.83 bits per heavy atom. The second-order valence-electron chi connectivity index (χ2n) is 6.31. The number of hydrogen-bond donors (Lipinski definition) is 1. The first kappa shape index (κ1) is 20.5. The first-order valence-electron chi connectivity index (χ1n) is 8.58. The van der Waals surface area contributed by atoms with Crippen LogP contribution in [0.2, 0.25) is 0 Å². The number of aryl methyl sites for hydroxylation is 1. The van der Waals surface area contributed by atoms with Crippen molar-refractivity contribution in [3.8, 4) is 6.07 Å². The first-order chi connectivity index (χ1) is 13.8. The zero-order chi connectivity index (χ0) is 21.0. The molecule has 1 N–H and O–H groups in total. The normalized spacial score (nSPS) is 10.9. The average molecular weight is 427 g/mol. The molecular weight excluding hydrogens is 408 g/mol. The Hall–Kier alpha value is -3.22. The van der Waals surface area contributed by atoms with Crippen molar-refractivity contribution in [1.82, 2.24) is 9.71 Å². The Morgan fingerprint density at radius 1 is 1.17 bits per heavy atom. The van der Waals surface area contributed by atoms with Crippen molar-refractivity contribution >= 4 is 38.1 Å². The lowest BCUT2D eigenvalue weighted by atomic mass is 10.1. The molecular formula is C20H18N4O3S2. The topological polar surface area (TPSA) is 103 Å². The van der Waals surface area contributed by atoms with Gasteiger partial charge in [0.25, 0.3) is 5.91 Å². The molecule has 2 aromatic carbocycles. The highest BCUT2D eigenvalue weighted by molar-refractivity contribution is 7.89. The molecule has 3 aromatic rings. The molecule has 148 valence electrons. The summed E-state index contributed by atoms with van der Waals surface area (Å²) in [4.78, 5) is 19.1. The van der Waals surface area contributed by atoms with Gasteiger partial charge in [-0.3, -0.25) is 4.79 Å². The molecule has 3 rings (SSSR count). The second kappa shape index (κ2) is 8.43. The molecule has 0 aliphatic rings. The van der Waals surface area contributed by atoms with Crippen LogP contribution in [0.1, 0.15) is 26.5 Å². The van der Waals surface area contributed by atoms with Crippen LogP contribution in [0, 0.1) is 18.3 Å². The van der Waals surface area contributed by atoms with Crippen LogP contribution in [-0.4, -0.2) is 25.6 Å². The summed E-state index contributed by atoms with van der Waals surface area (Å²) < 4.78 is 24.8. The number of sulfonamides is 1. The van der Waals surface area contributed by atoms with Gasteiger partial charge >= 0.3 is 0 Å². The number of anilines is 2. The minimum absolute atomic E-state index is 0.0444. The highest BCUT2D eigenvalue weighted by Crippen LogP contribution is 2.34. The molecule has 1 heterocycles. The number of para-hydroxylation sites is 1. The van der Waals surface area contributed by atoms with Crippen LogP contribution in [0.25, 0.3) is 0 Å². The minimum Gasteiger partial charge on any atom is -0.312 e. The van der Waals surface area contributed by atoms with Gasteiger partial charge in [0.15, 0.2) is 5.13 Å². The number of hydrogen-bond acceptors (Lipinski definition) is 7. The van der Waals surface area contributed by atoms with Crippen LogP contribution in [0.15, 0.2) is 54.6 Å². The Morgan fingerprint density at radius 3 is 2.48 bits per heavy atom. The van der Waals surface area contributed by atoms with Crippen LogP contribution in [-0.2, 0) is 16.6 Å². The van der Waals surface area contributed by atoms with E-state index in [9.17, 15) is 18.5 Å². The molecule has 7 nitrogen and oxygen atoms in total. The molecule has 0 fully saturated rings. The highest BCUT2D eigenvalue weighted by atomic mass is 32.2. The molecule has 0 saturated heterocycles. The monoisotopic (exact) mass is 426 g/mol. The molecule has 1 aromatic heterocycles. The van der Waals surface area contributed by atoms with E-state index < -0.39 is 15.9 Å². The van der Waals surface area contributed by atoms with Crippen molar-refractivity contribution in [2.24, 2.45) is 0 Å². The minimum atomic E-state index is -3.70. The van der Waals surface area contributed by atoms with Crippen molar-refractivity contribution in [2.75, 3.05) is 11.2 Å². The fraction of sp³-hybridized carbons (Fsp3) is 0.150. The Kier molecular flexibility index (Phi) is 5.96. The van der Waals surface area contributed by atoms with Crippen molar-refractivity contribution in [3.63, 3.8) is 0 Å². The maximum atomic E-state index is 12.3. The number of amides is 1. The molecule has 29 heavy (non-hydrogen) atoms. The summed E-state index contributed by atoms with van der Waals surface area (Å²) in [6, 6.07) is 19.0. The quantitative estimate of drug-likeness (QED) is 0.648. The predicted octanol–water partition coefficient (Wildman–Crippen LogP) is 3.35. The van der Waals surface area contributed by atoms with Crippen LogP contribution >= 0.6 is 11.3 Å². The summed E-state index contributed by atoms with van der Waals surface area (Å²) in [5, 5.41) is 10.0. The van der Waals surface area contributed by atoms with Crippen molar-refractivity contribution in [3.05, 3.63) is 76.3 Å². The van der Waals surface area contributed by atoms with Gasteiger partial charge in [-0.15, -0.1) is 11.3 Å². The number of carbonyl (C=O) groups is 1. The maximum Gasteiger partial charge on any atom is 0.284 e. The van der Waals surface area contributed by atoms with Gasteiger partial charge in [-0.2, -0.15) is 5.26 Å². The van der Waals surface area contributed by atoms with E-state index in [1.165, 1.54) is 11.3 Å². The number of benzene rings is 2. The Bertz CT molecular complexity index is 1180. The average Bonchev–Trinajstić information content (AvgIpc) is 3.07. The molecule has 0 aliphatic carbocycles. The predicted molar refractivity (Wildman–Crippen MR) is 113 cm³/mol. The SMILES string of the molecule is Cc1sc(N(Cc2ccccc2)c2ccccc2C#N)nc1C(=O)NS(C)(=O)=O. The number of carbonyl (C=O) groups excluding carboxylic acids is 1. The largest absolute Gasteiger partial charge is 0.312 e. The summed E-state index contributed by atoms with van der Waals surface area (Å²) in [7, 11) is -3.70. The van der Waals surface area contributed by atoms with Crippen LogP contribution in [0.4, 0.5) is 10.8 Å². The maximum absolute atomic E-state index is 12.3. The Balaban J connectivity index is 2.06. The van der Waals surface area contributed by atoms with Crippen molar-refractivity contribution in [1.29, 1.82) is 5.26 Å². The summed E-state index contributed by atoms with van der Waals surface area (Å²) in [5.74, 6) is -0.777. The molecule has 0 atom stereocenters. The fourth-order valence-electron chi connectivity index (χ4n) is 2.75. The second-order valence-corrected chi connectivity index (χ2v) is 9.24. The summed E-state index contributed by atoms with van der Waals surface area (Å²) >= 11 is 1.26. The lowest BCUT2D eigenvalue weighted by Crippen LogP contribution is -2.30. The Labute approximate surface area is 173 Å². The van der Waals surface area contributed by atoms with Crippen LogP contribution < -0.4 is 9.62 Å². The molecule has 0 radical (unpaired) electrons. The summed E-state index contributed by atoms with van der Waals surface area (Å²) in [6.07, 6.45) is 0.915. The van der Waals surface area contributed by atoms with Gasteiger partial charge in [0.2, 0.25) is 10.0 Å². The van der Waals surface area contributed by atoms with E-state index in [4.69, 9.17) is 0 Å². The molecule has 0 saturated carbocycles. The van der Waals surface area contributed by atoms with E-state index >= 15 is 0 Å². The number of nitrogens with zero attached hydrogens (tertiary/aromatic N) is 3. The zero-order valence-electron chi connectivity index (χ0n) is 15.8. The smallest absolute Gasteiger partial charge is 0.284 e. The summed E-state index contributed by atoms with van der Waals surface area (Å²) in [5.41, 5.74) is 2.17. The number of nitrogens with one attached hydrogen (secondary N) is 1. The lowest BCUT2D eigenvalue weighted by molar-refractivity contribution is 0.0977. The van der Waals surface area contributed by atoms with E-state index in [1.807, 2.05) is 52.1 Å². The standard InChI is InChI=1S/C20H18N4O3S2/c1-14-18(19(25)23-29(2,26)27)22-20(28-14)24(13-15-8-4-3-5-9-15)17-11-7-6-10-16(17)12-21/h3-11H,13H2,1-2H3,(H,23,25). The summed E-state index contributed by atoms with van der Waals surface area (Å²) in [6.45, 7) is 2.13. The third-order valence-corrected chi connectivity index (χ3v) is 5.56. The first-order valence-corrected chi connectivity index (χ1v) is 11.3. The van der Waals surface area contributed by atoms with Crippen molar-refractivity contribution < 1.29 is 13.2 Å². The molecule has 0 aliphatic heterocycles. The van der Waals surface area contributed by atoms with E-state index in [0.717, 1.165) is 11.8 Å². The van der Waals surface area contributed by atoms with Crippen LogP contribution in [0.3, 0.4) is 0 Å². The number of thiazole rings is 1. The van der Waals surface area contributed by atoms with Gasteiger partial charge < -0.3 is 4.90 Å². The molecule has 9 heteroatoms. The van der Waals surface area contributed by atoms with E-state index in [1.54, 1.807) is 19.1 Å². The molecule has 0 unspecified atom stereocenters. The highest BCUT2D eigenvalue weighted by Gasteiger charge is 2.23. The zero-order valence-corrected chi connectivity index (χ0v) is 17.4. The number of rotatable bonds is 6.